The highest BCUT2D eigenvalue weighted by Gasteiger charge is 2.20. The van der Waals surface area contributed by atoms with Crippen molar-refractivity contribution in [1.82, 2.24) is 5.32 Å². The molecule has 0 aliphatic heterocycles. The number of hydrogen-bond donors (Lipinski definition) is 1. The van der Waals surface area contributed by atoms with E-state index in [1.54, 1.807) is 24.3 Å². The number of ether oxygens (including phenoxy) is 1. The van der Waals surface area contributed by atoms with Crippen LogP contribution < -0.4 is 10.1 Å². The maximum absolute atomic E-state index is 12.4. The summed E-state index contributed by atoms with van der Waals surface area (Å²) in [6.07, 6.45) is 5.17. The first kappa shape index (κ1) is 16.8. The zero-order chi connectivity index (χ0) is 16.5. The second kappa shape index (κ2) is 8.80. The number of nitrogens with zero attached hydrogens (tertiary/aromatic N) is 2. The molecule has 120 valence electrons. The molecule has 0 radical (unpaired) electrons. The number of amides is 1. The van der Waals surface area contributed by atoms with Gasteiger partial charge in [-0.15, -0.1) is 0 Å². The van der Waals surface area contributed by atoms with Crippen molar-refractivity contribution in [3.63, 3.8) is 0 Å². The predicted molar refractivity (Wildman–Crippen MR) is 85.6 cm³/mol. The molecular weight excluding hydrogens is 290 g/mol. The van der Waals surface area contributed by atoms with E-state index >= 15 is 0 Å². The lowest BCUT2D eigenvalue weighted by Gasteiger charge is -2.16. The van der Waals surface area contributed by atoms with Crippen molar-refractivity contribution in [3.8, 4) is 17.9 Å². The van der Waals surface area contributed by atoms with E-state index in [9.17, 15) is 4.79 Å². The minimum absolute atomic E-state index is 0.127. The van der Waals surface area contributed by atoms with Crippen LogP contribution in [-0.2, 0) is 0 Å². The van der Waals surface area contributed by atoms with Gasteiger partial charge in [-0.2, -0.15) is 10.5 Å². The van der Waals surface area contributed by atoms with E-state index in [1.807, 2.05) is 6.07 Å². The fourth-order valence-electron chi connectivity index (χ4n) is 2.73. The summed E-state index contributed by atoms with van der Waals surface area (Å²) >= 11 is 0. The van der Waals surface area contributed by atoms with Gasteiger partial charge in [0.1, 0.15) is 12.4 Å². The Labute approximate surface area is 136 Å². The van der Waals surface area contributed by atoms with Crippen molar-refractivity contribution in [2.24, 2.45) is 5.92 Å². The van der Waals surface area contributed by atoms with E-state index < -0.39 is 0 Å². The van der Waals surface area contributed by atoms with E-state index in [0.29, 0.717) is 24.2 Å². The number of para-hydroxylation sites is 1. The Bertz CT molecular complexity index is 609. The topological polar surface area (TPSA) is 85.9 Å². The molecule has 23 heavy (non-hydrogen) atoms. The Balaban J connectivity index is 1.98. The maximum Gasteiger partial charge on any atom is 0.255 e. The van der Waals surface area contributed by atoms with Crippen LogP contribution in [0.15, 0.2) is 24.3 Å². The van der Waals surface area contributed by atoms with Gasteiger partial charge in [-0.3, -0.25) is 4.79 Å². The molecule has 0 saturated heterocycles. The molecule has 0 spiro atoms. The van der Waals surface area contributed by atoms with Gasteiger partial charge in [0.25, 0.3) is 5.91 Å². The van der Waals surface area contributed by atoms with Crippen molar-refractivity contribution in [3.05, 3.63) is 29.8 Å². The lowest BCUT2D eigenvalue weighted by atomic mass is 10.1. The van der Waals surface area contributed by atoms with Crippen molar-refractivity contribution in [1.29, 1.82) is 10.5 Å². The van der Waals surface area contributed by atoms with Gasteiger partial charge in [0, 0.05) is 12.5 Å². The Hall–Kier alpha value is -2.53. The molecule has 2 rings (SSSR count). The molecule has 1 fully saturated rings. The summed E-state index contributed by atoms with van der Waals surface area (Å²) in [5.74, 6) is 0.0128. The van der Waals surface area contributed by atoms with E-state index in [4.69, 9.17) is 15.3 Å². The van der Waals surface area contributed by atoms with Gasteiger partial charge in [-0.25, -0.2) is 0 Å². The minimum atomic E-state index is -0.347. The molecule has 1 atom stereocenters. The summed E-state index contributed by atoms with van der Waals surface area (Å²) in [7, 11) is 0. The van der Waals surface area contributed by atoms with Gasteiger partial charge in [0.2, 0.25) is 0 Å². The quantitative estimate of drug-likeness (QED) is 0.838. The van der Waals surface area contributed by atoms with Gasteiger partial charge in [0.15, 0.2) is 0 Å². The van der Waals surface area contributed by atoms with Gasteiger partial charge in [-0.1, -0.05) is 25.0 Å². The third kappa shape index (κ3) is 5.00. The van der Waals surface area contributed by atoms with E-state index in [-0.39, 0.29) is 24.5 Å². The number of carbonyl (C=O) groups excluding carboxylic acids is 1. The monoisotopic (exact) mass is 311 g/mol. The van der Waals surface area contributed by atoms with Crippen molar-refractivity contribution >= 4 is 5.91 Å². The largest absolute Gasteiger partial charge is 0.491 e. The van der Waals surface area contributed by atoms with Crippen molar-refractivity contribution in [2.45, 2.75) is 44.6 Å². The van der Waals surface area contributed by atoms with Gasteiger partial charge in [0.05, 0.1) is 23.6 Å². The predicted octanol–water partition coefficient (Wildman–Crippen LogP) is 3.18. The lowest BCUT2D eigenvalue weighted by Crippen LogP contribution is -2.32. The van der Waals surface area contributed by atoms with Crippen LogP contribution in [0.3, 0.4) is 0 Å². The highest BCUT2D eigenvalue weighted by atomic mass is 16.5. The molecule has 0 unspecified atom stereocenters. The Kier molecular flexibility index (Phi) is 6.44. The molecular formula is C18H21N3O2. The standard InChI is InChI=1S/C18H21N3O2/c19-11-5-6-14(12-20)13-23-17-10-4-3-9-16(17)18(22)21-15-7-1-2-8-15/h3-4,9-10,14-15H,1-2,5-8,13H2,(H,21,22)/t14-/m0/s1. The van der Waals surface area contributed by atoms with Crippen LogP contribution in [0.4, 0.5) is 0 Å². The number of nitriles is 2. The number of benzene rings is 1. The number of rotatable bonds is 7. The first-order chi connectivity index (χ1) is 11.2. The van der Waals surface area contributed by atoms with Crippen molar-refractivity contribution < 1.29 is 9.53 Å². The maximum atomic E-state index is 12.4. The molecule has 0 heterocycles. The first-order valence-electron chi connectivity index (χ1n) is 8.04. The van der Waals surface area contributed by atoms with Crippen LogP contribution >= 0.6 is 0 Å². The summed E-state index contributed by atoms with van der Waals surface area (Å²) in [5, 5.41) is 20.7. The van der Waals surface area contributed by atoms with Gasteiger partial charge in [-0.05, 0) is 31.4 Å². The summed E-state index contributed by atoms with van der Waals surface area (Å²) in [5.41, 5.74) is 0.497. The van der Waals surface area contributed by atoms with Crippen molar-refractivity contribution in [2.75, 3.05) is 6.61 Å². The average molecular weight is 311 g/mol. The molecule has 5 heteroatoms. The van der Waals surface area contributed by atoms with Crippen LogP contribution in [0.2, 0.25) is 0 Å². The zero-order valence-corrected chi connectivity index (χ0v) is 13.1. The Morgan fingerprint density at radius 1 is 1.30 bits per heavy atom. The highest BCUT2D eigenvalue weighted by molar-refractivity contribution is 5.97. The van der Waals surface area contributed by atoms with Crippen LogP contribution in [0.25, 0.3) is 0 Å². The molecule has 1 amide bonds. The molecule has 1 aliphatic rings. The molecule has 1 aromatic rings. The molecule has 1 aromatic carbocycles. The first-order valence-corrected chi connectivity index (χ1v) is 8.04. The second-order valence-corrected chi connectivity index (χ2v) is 5.78. The fourth-order valence-corrected chi connectivity index (χ4v) is 2.73. The fraction of sp³-hybridized carbons (Fsp3) is 0.500. The van der Waals surface area contributed by atoms with Crippen LogP contribution in [-0.4, -0.2) is 18.6 Å². The molecule has 1 N–H and O–H groups in total. The minimum Gasteiger partial charge on any atom is -0.491 e. The molecule has 1 saturated carbocycles. The molecule has 0 bridgehead atoms. The van der Waals surface area contributed by atoms with Gasteiger partial charge < -0.3 is 10.1 Å². The number of nitrogens with one attached hydrogen (secondary N) is 1. The Morgan fingerprint density at radius 3 is 2.74 bits per heavy atom. The number of carbonyl (C=O) groups is 1. The number of hydrogen-bond acceptors (Lipinski definition) is 4. The molecule has 0 aromatic heterocycles. The average Bonchev–Trinajstić information content (AvgIpc) is 3.08. The summed E-state index contributed by atoms with van der Waals surface area (Å²) in [6, 6.07) is 11.5. The lowest BCUT2D eigenvalue weighted by molar-refractivity contribution is 0.0933. The smallest absolute Gasteiger partial charge is 0.255 e. The van der Waals surface area contributed by atoms with Gasteiger partial charge >= 0.3 is 0 Å². The van der Waals surface area contributed by atoms with Crippen LogP contribution in [0.5, 0.6) is 5.75 Å². The van der Waals surface area contributed by atoms with E-state index in [2.05, 4.69) is 11.4 Å². The van der Waals surface area contributed by atoms with Crippen LogP contribution in [0.1, 0.15) is 48.9 Å². The normalized spacial score (nSPS) is 15.4. The summed E-state index contributed by atoms with van der Waals surface area (Å²) in [4.78, 5) is 12.4. The SMILES string of the molecule is N#CCC[C@@H](C#N)COc1ccccc1C(=O)NC1CCCC1. The third-order valence-corrected chi connectivity index (χ3v) is 4.05. The highest BCUT2D eigenvalue weighted by Crippen LogP contribution is 2.22. The summed E-state index contributed by atoms with van der Waals surface area (Å²) < 4.78 is 5.68. The molecule has 5 nitrogen and oxygen atoms in total. The second-order valence-electron chi connectivity index (χ2n) is 5.78. The van der Waals surface area contributed by atoms with Crippen LogP contribution in [0, 0.1) is 28.6 Å². The zero-order valence-electron chi connectivity index (χ0n) is 13.1. The molecule has 1 aliphatic carbocycles. The Morgan fingerprint density at radius 2 is 2.04 bits per heavy atom. The van der Waals surface area contributed by atoms with E-state index in [1.165, 1.54) is 0 Å². The van der Waals surface area contributed by atoms with E-state index in [0.717, 1.165) is 25.7 Å². The summed E-state index contributed by atoms with van der Waals surface area (Å²) in [6.45, 7) is 0.186. The third-order valence-electron chi connectivity index (χ3n) is 4.05.